The second-order valence-electron chi connectivity index (χ2n) is 4.37. The highest BCUT2D eigenvalue weighted by Gasteiger charge is 2.50. The van der Waals surface area contributed by atoms with Gasteiger partial charge >= 0.3 is 0 Å². The molecule has 2 heterocycles. The summed E-state index contributed by atoms with van der Waals surface area (Å²) in [6, 6.07) is 0. The van der Waals surface area contributed by atoms with E-state index in [-0.39, 0.29) is 17.8 Å². The Bertz CT molecular complexity index is 197. The summed E-state index contributed by atoms with van der Waals surface area (Å²) in [4.78, 5) is 0. The van der Waals surface area contributed by atoms with Crippen LogP contribution < -0.4 is 5.73 Å². The van der Waals surface area contributed by atoms with Crippen LogP contribution in [-0.4, -0.2) is 30.5 Å². The first-order valence-electron chi connectivity index (χ1n) is 5.19. The van der Waals surface area contributed by atoms with E-state index in [2.05, 4.69) is 13.8 Å². The van der Waals surface area contributed by atoms with E-state index in [1.807, 2.05) is 0 Å². The molecule has 0 bridgehead atoms. The van der Waals surface area contributed by atoms with Gasteiger partial charge in [-0.2, -0.15) is 0 Å². The smallest absolute Gasteiger partial charge is 0.0970 e. The Labute approximate surface area is 79.6 Å². The van der Waals surface area contributed by atoms with Crippen molar-refractivity contribution in [3.63, 3.8) is 0 Å². The zero-order valence-electron chi connectivity index (χ0n) is 8.45. The van der Waals surface area contributed by atoms with Crippen LogP contribution in [0, 0.1) is 0 Å². The number of ether oxygens (including phenoxy) is 2. The highest BCUT2D eigenvalue weighted by Crippen LogP contribution is 2.43. The monoisotopic (exact) mass is 185 g/mol. The lowest BCUT2D eigenvalue weighted by atomic mass is 9.91. The molecule has 3 nitrogen and oxygen atoms in total. The Balaban J connectivity index is 2.06. The van der Waals surface area contributed by atoms with Gasteiger partial charge in [0.15, 0.2) is 0 Å². The van der Waals surface area contributed by atoms with Gasteiger partial charge in [0.25, 0.3) is 0 Å². The first-order chi connectivity index (χ1) is 6.16. The Morgan fingerprint density at radius 1 is 1.46 bits per heavy atom. The van der Waals surface area contributed by atoms with E-state index in [1.165, 1.54) is 0 Å². The molecule has 76 valence electrons. The van der Waals surface area contributed by atoms with Crippen molar-refractivity contribution in [1.82, 2.24) is 0 Å². The third-order valence-electron chi connectivity index (χ3n) is 3.36. The van der Waals surface area contributed by atoms with Gasteiger partial charge in [-0.15, -0.1) is 0 Å². The van der Waals surface area contributed by atoms with Crippen LogP contribution >= 0.6 is 0 Å². The van der Waals surface area contributed by atoms with E-state index < -0.39 is 0 Å². The lowest BCUT2D eigenvalue weighted by Crippen LogP contribution is -2.37. The van der Waals surface area contributed by atoms with Gasteiger partial charge in [0.1, 0.15) is 0 Å². The Hall–Kier alpha value is -0.120. The molecular weight excluding hydrogens is 166 g/mol. The minimum atomic E-state index is -0.0105. The van der Waals surface area contributed by atoms with Gasteiger partial charge in [0, 0.05) is 13.0 Å². The van der Waals surface area contributed by atoms with Gasteiger partial charge in [0.05, 0.1) is 23.9 Å². The minimum Gasteiger partial charge on any atom is -0.372 e. The number of rotatable bonds is 1. The summed E-state index contributed by atoms with van der Waals surface area (Å²) in [6.45, 7) is 4.87. The largest absolute Gasteiger partial charge is 0.372 e. The number of hydrogen-bond acceptors (Lipinski definition) is 3. The van der Waals surface area contributed by atoms with Crippen molar-refractivity contribution in [2.24, 2.45) is 5.73 Å². The van der Waals surface area contributed by atoms with Gasteiger partial charge < -0.3 is 15.2 Å². The van der Waals surface area contributed by atoms with Crippen molar-refractivity contribution < 1.29 is 9.47 Å². The lowest BCUT2D eigenvalue weighted by Gasteiger charge is -2.27. The lowest BCUT2D eigenvalue weighted by molar-refractivity contribution is -0.0782. The predicted octanol–water partition coefficient (Wildman–Crippen LogP) is 1.06. The van der Waals surface area contributed by atoms with Crippen LogP contribution in [0.15, 0.2) is 0 Å². The highest BCUT2D eigenvalue weighted by atomic mass is 16.6. The Morgan fingerprint density at radius 3 is 2.69 bits per heavy atom. The summed E-state index contributed by atoms with van der Waals surface area (Å²) < 4.78 is 11.7. The van der Waals surface area contributed by atoms with Crippen LogP contribution in [0.2, 0.25) is 0 Å². The number of nitrogens with two attached hydrogens (primary N) is 1. The highest BCUT2D eigenvalue weighted by molar-refractivity contribution is 4.99. The fourth-order valence-electron chi connectivity index (χ4n) is 2.64. The molecule has 1 spiro atoms. The second kappa shape index (κ2) is 3.23. The van der Waals surface area contributed by atoms with Crippen molar-refractivity contribution in [1.29, 1.82) is 0 Å². The zero-order chi connectivity index (χ0) is 9.47. The van der Waals surface area contributed by atoms with Gasteiger partial charge in [-0.3, -0.25) is 0 Å². The van der Waals surface area contributed by atoms with E-state index in [1.54, 1.807) is 0 Å². The van der Waals surface area contributed by atoms with Gasteiger partial charge in [-0.25, -0.2) is 0 Å². The van der Waals surface area contributed by atoms with Crippen LogP contribution in [0.4, 0.5) is 0 Å². The van der Waals surface area contributed by atoms with Crippen LogP contribution in [0.25, 0.3) is 0 Å². The Morgan fingerprint density at radius 2 is 2.23 bits per heavy atom. The standard InChI is InChI=1S/C10H19NO2/c1-7-5-10(8(2)12-7)4-3-9(6-11)13-10/h7-9H,3-6,11H2,1-2H3. The van der Waals surface area contributed by atoms with Crippen LogP contribution in [0.1, 0.15) is 33.1 Å². The zero-order valence-corrected chi connectivity index (χ0v) is 8.45. The average Bonchev–Trinajstić information content (AvgIpc) is 2.59. The molecule has 2 saturated heterocycles. The SMILES string of the molecule is CC1CC2(CCC(CN)O2)C(C)O1. The van der Waals surface area contributed by atoms with Gasteiger partial charge in [-0.05, 0) is 26.7 Å². The van der Waals surface area contributed by atoms with E-state index >= 15 is 0 Å². The minimum absolute atomic E-state index is 0.0105. The molecule has 0 radical (unpaired) electrons. The summed E-state index contributed by atoms with van der Waals surface area (Å²) in [5.74, 6) is 0. The maximum Gasteiger partial charge on any atom is 0.0970 e. The predicted molar refractivity (Wildman–Crippen MR) is 50.5 cm³/mol. The topological polar surface area (TPSA) is 44.5 Å². The molecule has 0 amide bonds. The molecule has 2 aliphatic rings. The van der Waals surface area contributed by atoms with Gasteiger partial charge in [-0.1, -0.05) is 0 Å². The molecule has 13 heavy (non-hydrogen) atoms. The third-order valence-corrected chi connectivity index (χ3v) is 3.36. The first kappa shape index (κ1) is 9.44. The molecule has 0 saturated carbocycles. The quantitative estimate of drug-likeness (QED) is 0.664. The van der Waals surface area contributed by atoms with Crippen molar-refractivity contribution in [2.45, 2.75) is 57.0 Å². The summed E-state index contributed by atoms with van der Waals surface area (Å²) in [5, 5.41) is 0. The molecule has 4 unspecified atom stereocenters. The van der Waals surface area contributed by atoms with Crippen molar-refractivity contribution in [2.75, 3.05) is 6.54 Å². The van der Waals surface area contributed by atoms with Crippen molar-refractivity contribution >= 4 is 0 Å². The third kappa shape index (κ3) is 1.49. The van der Waals surface area contributed by atoms with Crippen LogP contribution in [-0.2, 0) is 9.47 Å². The molecule has 2 aliphatic heterocycles. The molecule has 0 aromatic heterocycles. The Kier molecular flexibility index (Phi) is 2.34. The first-order valence-corrected chi connectivity index (χ1v) is 5.19. The summed E-state index contributed by atoms with van der Waals surface area (Å²) in [5.41, 5.74) is 5.59. The summed E-state index contributed by atoms with van der Waals surface area (Å²) in [6.07, 6.45) is 4.07. The molecule has 2 N–H and O–H groups in total. The molecule has 4 atom stereocenters. The number of hydrogen-bond donors (Lipinski definition) is 1. The molecule has 0 aromatic rings. The second-order valence-corrected chi connectivity index (χ2v) is 4.37. The average molecular weight is 185 g/mol. The summed E-state index contributed by atoms with van der Waals surface area (Å²) in [7, 11) is 0. The maximum absolute atomic E-state index is 5.99. The normalized spacial score (nSPS) is 50.5. The van der Waals surface area contributed by atoms with Crippen LogP contribution in [0.3, 0.4) is 0 Å². The van der Waals surface area contributed by atoms with E-state index in [0.29, 0.717) is 12.6 Å². The molecule has 2 rings (SSSR count). The molecule has 0 aliphatic carbocycles. The fourth-order valence-corrected chi connectivity index (χ4v) is 2.64. The van der Waals surface area contributed by atoms with E-state index in [9.17, 15) is 0 Å². The van der Waals surface area contributed by atoms with Crippen molar-refractivity contribution in [3.05, 3.63) is 0 Å². The molecule has 2 fully saturated rings. The van der Waals surface area contributed by atoms with Gasteiger partial charge in [0.2, 0.25) is 0 Å². The molecule has 0 aromatic carbocycles. The van der Waals surface area contributed by atoms with Crippen LogP contribution in [0.5, 0.6) is 0 Å². The fraction of sp³-hybridized carbons (Fsp3) is 1.00. The molecular formula is C10H19NO2. The maximum atomic E-state index is 5.99. The van der Waals surface area contributed by atoms with Crippen molar-refractivity contribution in [3.8, 4) is 0 Å². The van der Waals surface area contributed by atoms with E-state index in [0.717, 1.165) is 19.3 Å². The molecule has 3 heteroatoms. The summed E-state index contributed by atoms with van der Waals surface area (Å²) >= 11 is 0. The van der Waals surface area contributed by atoms with E-state index in [4.69, 9.17) is 15.2 Å².